The maximum absolute atomic E-state index is 14.0. The summed E-state index contributed by atoms with van der Waals surface area (Å²) < 4.78 is 1.62. The summed E-state index contributed by atoms with van der Waals surface area (Å²) in [7, 11) is 1.56. The second kappa shape index (κ2) is 14.7. The molecule has 4 rings (SSSR count). The van der Waals surface area contributed by atoms with Crippen LogP contribution in [-0.2, 0) is 25.6 Å². The van der Waals surface area contributed by atoms with Crippen molar-refractivity contribution in [1.82, 2.24) is 25.6 Å². The van der Waals surface area contributed by atoms with Crippen molar-refractivity contribution in [1.29, 1.82) is 0 Å². The van der Waals surface area contributed by atoms with Crippen molar-refractivity contribution < 1.29 is 29.1 Å². The number of rotatable bonds is 10. The lowest BCUT2D eigenvalue weighted by molar-refractivity contribution is -0.147. The minimum absolute atomic E-state index is 0.158. The predicted octanol–water partition coefficient (Wildman–Crippen LogP) is 2.08. The van der Waals surface area contributed by atoms with Gasteiger partial charge in [-0.2, -0.15) is 4.73 Å². The molecule has 11 nitrogen and oxygen atoms in total. The quantitative estimate of drug-likeness (QED) is 0.309. The number of aromatic nitrogens is 1. The molecule has 0 bridgehead atoms. The monoisotopic (exact) mass is 597 g/mol. The molecule has 4 amide bonds. The van der Waals surface area contributed by atoms with Gasteiger partial charge in [-0.1, -0.05) is 51.3 Å². The van der Waals surface area contributed by atoms with Gasteiger partial charge in [0, 0.05) is 24.5 Å². The summed E-state index contributed by atoms with van der Waals surface area (Å²) in [4.78, 5) is 62.5. The number of para-hydroxylation sites is 1. The molecule has 0 radical (unpaired) electrons. The van der Waals surface area contributed by atoms with Gasteiger partial charge in [0.05, 0.1) is 11.6 Å². The molecule has 2 aromatic rings. The fourth-order valence-electron chi connectivity index (χ4n) is 6.14. The highest BCUT2D eigenvalue weighted by Crippen LogP contribution is 2.24. The second-order valence-corrected chi connectivity index (χ2v) is 12.1. The van der Waals surface area contributed by atoms with E-state index in [0.717, 1.165) is 29.3 Å². The zero-order valence-electron chi connectivity index (χ0n) is 25.8. The zero-order chi connectivity index (χ0) is 31.1. The number of carbonyl (C=O) groups excluding carboxylic acids is 4. The Morgan fingerprint density at radius 3 is 2.42 bits per heavy atom. The van der Waals surface area contributed by atoms with Crippen molar-refractivity contribution in [2.45, 2.75) is 109 Å². The van der Waals surface area contributed by atoms with Crippen LogP contribution in [0.2, 0.25) is 0 Å². The second-order valence-electron chi connectivity index (χ2n) is 12.1. The van der Waals surface area contributed by atoms with Crippen LogP contribution in [0.5, 0.6) is 0 Å². The van der Waals surface area contributed by atoms with Gasteiger partial charge in [0.15, 0.2) is 0 Å². The molecule has 43 heavy (non-hydrogen) atoms. The average Bonchev–Trinajstić information content (AvgIpc) is 3.36. The maximum atomic E-state index is 14.0. The summed E-state index contributed by atoms with van der Waals surface area (Å²) in [5.41, 5.74) is 1.62. The van der Waals surface area contributed by atoms with Crippen molar-refractivity contribution >= 4 is 34.5 Å². The van der Waals surface area contributed by atoms with E-state index in [4.69, 9.17) is 4.84 Å². The number of benzene rings is 1. The van der Waals surface area contributed by atoms with Crippen molar-refractivity contribution in [3.63, 3.8) is 0 Å². The molecule has 4 N–H and O–H groups in total. The van der Waals surface area contributed by atoms with Gasteiger partial charge in [0.1, 0.15) is 31.3 Å². The summed E-state index contributed by atoms with van der Waals surface area (Å²) in [6.07, 6.45) is 6.42. The number of unbranched alkanes of at least 4 members (excludes halogenated alkanes) is 1. The number of amides is 4. The third-order valence-electron chi connectivity index (χ3n) is 8.88. The van der Waals surface area contributed by atoms with E-state index in [-0.39, 0.29) is 24.2 Å². The van der Waals surface area contributed by atoms with Crippen LogP contribution in [0.15, 0.2) is 30.5 Å². The summed E-state index contributed by atoms with van der Waals surface area (Å²) in [5.74, 6) is -1.70. The van der Waals surface area contributed by atoms with E-state index in [9.17, 15) is 24.3 Å². The molecule has 3 heterocycles. The first-order valence-corrected chi connectivity index (χ1v) is 15.7. The molecule has 2 aliphatic heterocycles. The van der Waals surface area contributed by atoms with Crippen molar-refractivity contribution in [3.8, 4) is 0 Å². The normalized spacial score (nSPS) is 25.1. The average molecular weight is 598 g/mol. The van der Waals surface area contributed by atoms with E-state index < -0.39 is 42.1 Å². The number of piperidine rings is 1. The number of fused-ring (bicyclic) bond motifs is 2. The number of aliphatic hydroxyl groups is 1. The predicted molar refractivity (Wildman–Crippen MR) is 163 cm³/mol. The molecule has 11 heteroatoms. The Kier molecular flexibility index (Phi) is 11.1. The van der Waals surface area contributed by atoms with E-state index in [1.165, 1.54) is 0 Å². The third-order valence-corrected chi connectivity index (χ3v) is 8.88. The lowest BCUT2D eigenvalue weighted by Gasteiger charge is -2.39. The number of carbonyl (C=O) groups is 4. The molecule has 2 unspecified atom stereocenters. The number of nitrogens with zero attached hydrogens (tertiary/aromatic N) is 2. The molecule has 0 saturated carbocycles. The van der Waals surface area contributed by atoms with Crippen LogP contribution in [0.4, 0.5) is 0 Å². The number of nitrogens with one attached hydrogen (secondary N) is 3. The zero-order valence-corrected chi connectivity index (χ0v) is 25.8. The van der Waals surface area contributed by atoms with Crippen molar-refractivity contribution in [3.05, 3.63) is 36.0 Å². The summed E-state index contributed by atoms with van der Waals surface area (Å²) in [6, 6.07) is 4.21. The van der Waals surface area contributed by atoms with Crippen LogP contribution < -0.4 is 20.8 Å². The Labute approximate surface area is 253 Å². The SMILES string of the molecule is CCC(C)[C@@H]1NC(=O)[C@H](Cc2cn(OC)c3ccccc23)NC(=O)[C@H](CCCCC(C)O)NC(=O)[C@H]2CCCCN2C1=O. The Bertz CT molecular complexity index is 1290. The van der Waals surface area contributed by atoms with E-state index in [1.54, 1.807) is 29.9 Å². The minimum atomic E-state index is -1.00. The first-order chi connectivity index (χ1) is 20.6. The van der Waals surface area contributed by atoms with Crippen LogP contribution in [0, 0.1) is 5.92 Å². The van der Waals surface area contributed by atoms with E-state index >= 15 is 0 Å². The molecule has 2 fully saturated rings. The summed E-state index contributed by atoms with van der Waals surface area (Å²) >= 11 is 0. The lowest BCUT2D eigenvalue weighted by atomic mass is 9.93. The topological polar surface area (TPSA) is 142 Å². The molecule has 0 spiro atoms. The van der Waals surface area contributed by atoms with Crippen molar-refractivity contribution in [2.24, 2.45) is 5.92 Å². The van der Waals surface area contributed by atoms with Crippen LogP contribution in [0.1, 0.15) is 77.7 Å². The Balaban J connectivity index is 1.70. The van der Waals surface area contributed by atoms with Gasteiger partial charge in [-0.3, -0.25) is 19.2 Å². The minimum Gasteiger partial charge on any atom is -0.417 e. The van der Waals surface area contributed by atoms with Gasteiger partial charge < -0.3 is 30.8 Å². The highest BCUT2D eigenvalue weighted by Gasteiger charge is 2.40. The number of hydrogen-bond donors (Lipinski definition) is 4. The van der Waals surface area contributed by atoms with Gasteiger partial charge in [0.2, 0.25) is 23.6 Å². The molecule has 6 atom stereocenters. The highest BCUT2D eigenvalue weighted by molar-refractivity contribution is 5.98. The molecule has 236 valence electrons. The van der Waals surface area contributed by atoms with Crippen LogP contribution in [0.3, 0.4) is 0 Å². The Morgan fingerprint density at radius 2 is 1.70 bits per heavy atom. The lowest BCUT2D eigenvalue weighted by Crippen LogP contribution is -2.64. The number of aliphatic hydroxyl groups excluding tert-OH is 1. The summed E-state index contributed by atoms with van der Waals surface area (Å²) in [6.45, 7) is 6.01. The van der Waals surface area contributed by atoms with Gasteiger partial charge in [-0.25, -0.2) is 0 Å². The maximum Gasteiger partial charge on any atom is 0.246 e. The van der Waals surface area contributed by atoms with Crippen LogP contribution in [-0.4, -0.2) is 82.3 Å². The van der Waals surface area contributed by atoms with E-state index in [1.807, 2.05) is 38.1 Å². The first-order valence-electron chi connectivity index (χ1n) is 15.7. The van der Waals surface area contributed by atoms with Gasteiger partial charge >= 0.3 is 0 Å². The largest absolute Gasteiger partial charge is 0.417 e. The molecular weight excluding hydrogens is 550 g/mol. The fraction of sp³-hybridized carbons (Fsp3) is 0.625. The van der Waals surface area contributed by atoms with Crippen molar-refractivity contribution in [2.75, 3.05) is 13.7 Å². The molecule has 1 aromatic heterocycles. The van der Waals surface area contributed by atoms with Gasteiger partial charge in [-0.15, -0.1) is 0 Å². The fourth-order valence-corrected chi connectivity index (χ4v) is 6.14. The van der Waals surface area contributed by atoms with E-state index in [0.29, 0.717) is 45.1 Å². The van der Waals surface area contributed by atoms with Crippen LogP contribution >= 0.6 is 0 Å². The molecule has 2 aliphatic rings. The molecule has 2 saturated heterocycles. The molecule has 1 aromatic carbocycles. The third kappa shape index (κ3) is 7.68. The Hall–Kier alpha value is -3.60. The van der Waals surface area contributed by atoms with E-state index in [2.05, 4.69) is 16.0 Å². The number of hydrogen-bond acceptors (Lipinski definition) is 6. The van der Waals surface area contributed by atoms with Crippen LogP contribution in [0.25, 0.3) is 10.9 Å². The van der Waals surface area contributed by atoms with Gasteiger partial charge in [0.25, 0.3) is 0 Å². The summed E-state index contributed by atoms with van der Waals surface area (Å²) in [5, 5.41) is 19.4. The molecule has 0 aliphatic carbocycles. The smallest absolute Gasteiger partial charge is 0.246 e. The Morgan fingerprint density at radius 1 is 0.977 bits per heavy atom. The standard InChI is InChI=1S/C32H47N5O6/c1-5-20(2)28-32(42)36-17-11-10-16-27(36)31(41)33-24(14-8-6-12-21(3)38)29(39)34-25(30(40)35-28)18-22-19-37(43-4)26-15-9-7-13-23(22)26/h7,9,13,15,19-21,24-25,27-28,38H,5-6,8,10-12,14,16-18H2,1-4H3,(H,33,41)(H,34,39)(H,35,40)/t20?,21?,24-,25-,27+,28-/m0/s1. The first kappa shape index (κ1) is 32.3. The van der Waals surface area contributed by atoms with Gasteiger partial charge in [-0.05, 0) is 56.6 Å². The molecular formula is C32H47N5O6. The highest BCUT2D eigenvalue weighted by atomic mass is 16.6.